The van der Waals surface area contributed by atoms with Crippen molar-refractivity contribution >= 4 is 17.3 Å². The van der Waals surface area contributed by atoms with Gasteiger partial charge in [-0.25, -0.2) is 4.98 Å². The SMILES string of the molecule is COc1c(/C=C(\C#N)c2ccc([N+](=O)[O-])cc2)cc(-c2cccnc2OCc2ccccc2)cc1C(C)(C)C. The molecule has 0 radical (unpaired) electrons. The van der Waals surface area contributed by atoms with Gasteiger partial charge in [-0.15, -0.1) is 0 Å². The molecule has 7 nitrogen and oxygen atoms in total. The number of hydrogen-bond donors (Lipinski definition) is 0. The van der Waals surface area contributed by atoms with E-state index >= 15 is 0 Å². The molecule has 0 amide bonds. The van der Waals surface area contributed by atoms with E-state index in [0.29, 0.717) is 34.9 Å². The highest BCUT2D eigenvalue weighted by Crippen LogP contribution is 2.41. The zero-order valence-electron chi connectivity index (χ0n) is 22.3. The van der Waals surface area contributed by atoms with Crippen molar-refractivity contribution in [2.45, 2.75) is 32.8 Å². The van der Waals surface area contributed by atoms with E-state index in [0.717, 1.165) is 22.3 Å². The van der Waals surface area contributed by atoms with Crippen molar-refractivity contribution < 1.29 is 14.4 Å². The molecule has 0 N–H and O–H groups in total. The molecule has 0 atom stereocenters. The van der Waals surface area contributed by atoms with Crippen molar-refractivity contribution in [3.8, 4) is 28.8 Å². The molecule has 1 heterocycles. The third-order valence-electron chi connectivity index (χ3n) is 6.24. The molecule has 4 aromatic rings. The molecule has 0 aliphatic carbocycles. The lowest BCUT2D eigenvalue weighted by Gasteiger charge is -2.25. The average Bonchev–Trinajstić information content (AvgIpc) is 2.94. The molecule has 0 aliphatic rings. The molecule has 3 aromatic carbocycles. The molecular weight excluding hydrogens is 490 g/mol. The Morgan fingerprint density at radius 3 is 2.38 bits per heavy atom. The van der Waals surface area contributed by atoms with Crippen LogP contribution in [0.3, 0.4) is 0 Å². The van der Waals surface area contributed by atoms with Gasteiger partial charge in [0.2, 0.25) is 5.88 Å². The first-order valence-electron chi connectivity index (χ1n) is 12.4. The van der Waals surface area contributed by atoms with Crippen molar-refractivity contribution in [3.05, 3.63) is 117 Å². The molecule has 0 saturated carbocycles. The minimum Gasteiger partial charge on any atom is -0.496 e. The van der Waals surface area contributed by atoms with Crippen LogP contribution in [0, 0.1) is 21.4 Å². The predicted molar refractivity (Wildman–Crippen MR) is 152 cm³/mol. The molecule has 196 valence electrons. The van der Waals surface area contributed by atoms with Crippen molar-refractivity contribution in [1.82, 2.24) is 4.98 Å². The smallest absolute Gasteiger partial charge is 0.269 e. The lowest BCUT2D eigenvalue weighted by atomic mass is 9.82. The number of ether oxygens (including phenoxy) is 2. The van der Waals surface area contributed by atoms with E-state index in [9.17, 15) is 15.4 Å². The standard InChI is InChI=1S/C32H29N3O4/c1-32(2,3)29-19-24(28-11-8-16-34-31(28)39-21-22-9-6-5-7-10-22)17-25(30(29)38-4)18-26(20-33)23-12-14-27(15-13-23)35(36)37/h5-19H,21H2,1-4H3/b26-18+. The van der Waals surface area contributed by atoms with Crippen molar-refractivity contribution in [1.29, 1.82) is 5.26 Å². The van der Waals surface area contributed by atoms with Gasteiger partial charge in [-0.2, -0.15) is 5.26 Å². The summed E-state index contributed by atoms with van der Waals surface area (Å²) < 4.78 is 12.0. The normalized spacial score (nSPS) is 11.5. The number of aromatic nitrogens is 1. The van der Waals surface area contributed by atoms with Crippen LogP contribution in [0.25, 0.3) is 22.8 Å². The zero-order valence-corrected chi connectivity index (χ0v) is 22.3. The number of benzene rings is 3. The highest BCUT2D eigenvalue weighted by molar-refractivity contribution is 5.92. The number of nitrogens with zero attached hydrogens (tertiary/aromatic N) is 3. The van der Waals surface area contributed by atoms with E-state index in [4.69, 9.17) is 9.47 Å². The fourth-order valence-corrected chi connectivity index (χ4v) is 4.25. The van der Waals surface area contributed by atoms with E-state index in [-0.39, 0.29) is 11.1 Å². The number of rotatable bonds is 8. The Labute approximate surface area is 228 Å². The largest absolute Gasteiger partial charge is 0.496 e. The summed E-state index contributed by atoms with van der Waals surface area (Å²) in [6.45, 7) is 6.66. The molecule has 4 rings (SSSR count). The minimum atomic E-state index is -0.465. The van der Waals surface area contributed by atoms with Crippen LogP contribution < -0.4 is 9.47 Å². The van der Waals surface area contributed by atoms with E-state index < -0.39 is 4.92 Å². The second kappa shape index (κ2) is 11.6. The Hall–Kier alpha value is -4.96. The van der Waals surface area contributed by atoms with Crippen molar-refractivity contribution in [2.24, 2.45) is 0 Å². The third kappa shape index (κ3) is 6.31. The van der Waals surface area contributed by atoms with Gasteiger partial charge in [0.25, 0.3) is 5.69 Å². The van der Waals surface area contributed by atoms with Crippen LogP contribution in [0.4, 0.5) is 5.69 Å². The Balaban J connectivity index is 1.84. The van der Waals surface area contributed by atoms with E-state index in [1.54, 1.807) is 31.5 Å². The lowest BCUT2D eigenvalue weighted by molar-refractivity contribution is -0.384. The summed E-state index contributed by atoms with van der Waals surface area (Å²) in [4.78, 5) is 15.1. The number of allylic oxidation sites excluding steroid dienone is 1. The maximum absolute atomic E-state index is 11.1. The van der Waals surface area contributed by atoms with Crippen LogP contribution in [-0.2, 0) is 12.0 Å². The second-order valence-electron chi connectivity index (χ2n) is 10.0. The topological polar surface area (TPSA) is 98.3 Å². The first-order chi connectivity index (χ1) is 18.7. The van der Waals surface area contributed by atoms with Gasteiger partial charge in [0.05, 0.1) is 23.7 Å². The highest BCUT2D eigenvalue weighted by atomic mass is 16.6. The van der Waals surface area contributed by atoms with Gasteiger partial charge in [-0.1, -0.05) is 51.1 Å². The van der Waals surface area contributed by atoms with Crippen molar-refractivity contribution in [2.75, 3.05) is 7.11 Å². The van der Waals surface area contributed by atoms with Crippen LogP contribution in [-0.4, -0.2) is 17.0 Å². The van der Waals surface area contributed by atoms with Crippen LogP contribution in [0.2, 0.25) is 0 Å². The number of pyridine rings is 1. The molecule has 0 unspecified atom stereocenters. The van der Waals surface area contributed by atoms with Gasteiger partial charge in [0.15, 0.2) is 0 Å². The molecular formula is C32H29N3O4. The summed E-state index contributed by atoms with van der Waals surface area (Å²) >= 11 is 0. The molecule has 0 aliphatic heterocycles. The molecule has 1 aromatic heterocycles. The summed E-state index contributed by atoms with van der Waals surface area (Å²) in [5.74, 6) is 1.15. The van der Waals surface area contributed by atoms with Gasteiger partial charge in [-0.05, 0) is 64.6 Å². The van der Waals surface area contributed by atoms with Gasteiger partial charge in [0.1, 0.15) is 12.4 Å². The second-order valence-corrected chi connectivity index (χ2v) is 10.0. The minimum absolute atomic E-state index is 0.0368. The van der Waals surface area contributed by atoms with Crippen molar-refractivity contribution in [3.63, 3.8) is 0 Å². The maximum Gasteiger partial charge on any atom is 0.269 e. The number of non-ortho nitro benzene ring substituents is 1. The molecule has 0 bridgehead atoms. The predicted octanol–water partition coefficient (Wildman–Crippen LogP) is 7.61. The first-order valence-corrected chi connectivity index (χ1v) is 12.4. The van der Waals surface area contributed by atoms with E-state index in [2.05, 4.69) is 37.9 Å². The Morgan fingerprint density at radius 2 is 1.77 bits per heavy atom. The van der Waals surface area contributed by atoms with Gasteiger partial charge in [-0.3, -0.25) is 10.1 Å². The summed E-state index contributed by atoms with van der Waals surface area (Å²) in [7, 11) is 1.61. The average molecular weight is 520 g/mol. The summed E-state index contributed by atoms with van der Waals surface area (Å²) in [6.07, 6.45) is 3.45. The lowest BCUT2D eigenvalue weighted by Crippen LogP contribution is -2.14. The van der Waals surface area contributed by atoms with E-state index in [1.165, 1.54) is 12.1 Å². The molecule has 0 spiro atoms. The zero-order chi connectivity index (χ0) is 28.0. The highest BCUT2D eigenvalue weighted by Gasteiger charge is 2.24. The fourth-order valence-electron chi connectivity index (χ4n) is 4.25. The third-order valence-corrected chi connectivity index (χ3v) is 6.24. The molecule has 7 heteroatoms. The quantitative estimate of drug-likeness (QED) is 0.103. The van der Waals surface area contributed by atoms with Crippen LogP contribution in [0.1, 0.15) is 43.0 Å². The summed E-state index contributed by atoms with van der Waals surface area (Å²) in [5, 5.41) is 21.1. The first kappa shape index (κ1) is 27.1. The Kier molecular flexibility index (Phi) is 8.07. The number of nitro benzene ring substituents is 1. The summed E-state index contributed by atoms with van der Waals surface area (Å²) in [5.41, 5.74) is 4.97. The summed E-state index contributed by atoms with van der Waals surface area (Å²) in [6, 6.07) is 25.9. The number of methoxy groups -OCH3 is 1. The Bertz CT molecular complexity index is 1550. The molecule has 0 fully saturated rings. The molecule has 0 saturated heterocycles. The fraction of sp³-hybridized carbons (Fsp3) is 0.188. The van der Waals surface area contributed by atoms with E-state index in [1.807, 2.05) is 48.5 Å². The number of nitro groups is 1. The van der Waals surface area contributed by atoms with Crippen LogP contribution >= 0.6 is 0 Å². The Morgan fingerprint density at radius 1 is 1.05 bits per heavy atom. The van der Waals surface area contributed by atoms with Gasteiger partial charge < -0.3 is 9.47 Å². The monoisotopic (exact) mass is 519 g/mol. The maximum atomic E-state index is 11.1. The molecule has 39 heavy (non-hydrogen) atoms. The van der Waals surface area contributed by atoms with Crippen LogP contribution in [0.5, 0.6) is 11.6 Å². The van der Waals surface area contributed by atoms with Crippen LogP contribution in [0.15, 0.2) is 85.1 Å². The number of nitriles is 1. The van der Waals surface area contributed by atoms with Gasteiger partial charge in [0, 0.05) is 35.0 Å². The number of hydrogen-bond acceptors (Lipinski definition) is 6. The van der Waals surface area contributed by atoms with Gasteiger partial charge >= 0.3 is 0 Å².